The Bertz CT molecular complexity index is 155. The van der Waals surface area contributed by atoms with Crippen molar-refractivity contribution >= 4 is 6.09 Å². The molecule has 1 amide bonds. The summed E-state index contributed by atoms with van der Waals surface area (Å²) in [7, 11) is 0. The van der Waals surface area contributed by atoms with E-state index in [-0.39, 0.29) is 0 Å². The highest BCUT2D eigenvalue weighted by atomic mass is 16.4. The maximum absolute atomic E-state index is 10.3. The summed E-state index contributed by atoms with van der Waals surface area (Å²) in [6, 6.07) is 0. The summed E-state index contributed by atoms with van der Waals surface area (Å²) < 4.78 is 0. The van der Waals surface area contributed by atoms with E-state index in [1.807, 2.05) is 0 Å². The molecule has 0 heterocycles. The summed E-state index contributed by atoms with van der Waals surface area (Å²) in [6.07, 6.45) is 3.83. The molecule has 0 radical (unpaired) electrons. The third-order valence-corrected chi connectivity index (χ3v) is 2.36. The van der Waals surface area contributed by atoms with Gasteiger partial charge in [-0.1, -0.05) is 26.7 Å². The molecule has 0 aliphatic rings. The third-order valence-electron chi connectivity index (χ3n) is 2.36. The number of hydrogen-bond donors (Lipinski definition) is 2. The Morgan fingerprint density at radius 2 is 1.67 bits per heavy atom. The van der Waals surface area contributed by atoms with Crippen LogP contribution < -0.4 is 5.32 Å². The predicted molar refractivity (Wildman–Crippen MR) is 62.3 cm³/mol. The number of carbonyl (C=O) groups is 1. The van der Waals surface area contributed by atoms with E-state index < -0.39 is 6.09 Å². The lowest BCUT2D eigenvalue weighted by molar-refractivity contribution is 0.190. The van der Waals surface area contributed by atoms with Crippen LogP contribution in [0, 0.1) is 0 Å². The fourth-order valence-electron chi connectivity index (χ4n) is 1.42. The van der Waals surface area contributed by atoms with Gasteiger partial charge in [0.2, 0.25) is 0 Å². The first kappa shape index (κ1) is 14.2. The van der Waals surface area contributed by atoms with Crippen LogP contribution in [-0.2, 0) is 0 Å². The Balaban J connectivity index is 3.63. The van der Waals surface area contributed by atoms with Crippen molar-refractivity contribution in [1.82, 2.24) is 10.2 Å². The van der Waals surface area contributed by atoms with Crippen LogP contribution in [0.4, 0.5) is 4.79 Å². The van der Waals surface area contributed by atoms with Gasteiger partial charge in [0.1, 0.15) is 0 Å². The molecule has 4 nitrogen and oxygen atoms in total. The second-order valence-electron chi connectivity index (χ2n) is 3.78. The zero-order chi connectivity index (χ0) is 11.5. The Hall–Kier alpha value is -0.770. The van der Waals surface area contributed by atoms with Crippen molar-refractivity contribution in [3.63, 3.8) is 0 Å². The number of carboxylic acid groups (broad SMARTS) is 1. The fraction of sp³-hybridized carbons (Fsp3) is 0.909. The van der Waals surface area contributed by atoms with Gasteiger partial charge in [0, 0.05) is 13.1 Å². The van der Waals surface area contributed by atoms with Crippen LogP contribution in [0.25, 0.3) is 0 Å². The van der Waals surface area contributed by atoms with Gasteiger partial charge < -0.3 is 15.3 Å². The highest BCUT2D eigenvalue weighted by Gasteiger charge is 2.03. The standard InChI is InChI=1S/C11H24N2O2/c1-3-5-8-13(9-6-4-2)10-7-12-11(14)15/h12H,3-10H2,1-2H3,(H,14,15). The van der Waals surface area contributed by atoms with Crippen LogP contribution in [0.3, 0.4) is 0 Å². The van der Waals surface area contributed by atoms with Crippen LogP contribution in [0.5, 0.6) is 0 Å². The van der Waals surface area contributed by atoms with Gasteiger partial charge in [0.25, 0.3) is 0 Å². The van der Waals surface area contributed by atoms with E-state index in [1.165, 1.54) is 25.7 Å². The first-order chi connectivity index (χ1) is 7.20. The molecule has 0 fully saturated rings. The molecule has 0 aromatic heterocycles. The van der Waals surface area contributed by atoms with Crippen molar-refractivity contribution in [2.75, 3.05) is 26.2 Å². The number of amides is 1. The van der Waals surface area contributed by atoms with Crippen LogP contribution >= 0.6 is 0 Å². The SMILES string of the molecule is CCCCN(CCCC)CCNC(=O)O. The van der Waals surface area contributed by atoms with E-state index in [9.17, 15) is 4.79 Å². The smallest absolute Gasteiger partial charge is 0.404 e. The average Bonchev–Trinajstić information content (AvgIpc) is 2.20. The average molecular weight is 216 g/mol. The zero-order valence-electron chi connectivity index (χ0n) is 9.96. The molecule has 0 atom stereocenters. The van der Waals surface area contributed by atoms with Gasteiger partial charge >= 0.3 is 6.09 Å². The molecular formula is C11H24N2O2. The molecular weight excluding hydrogens is 192 g/mol. The highest BCUT2D eigenvalue weighted by molar-refractivity contribution is 5.64. The van der Waals surface area contributed by atoms with Crippen molar-refractivity contribution in [1.29, 1.82) is 0 Å². The largest absolute Gasteiger partial charge is 0.465 e. The lowest BCUT2D eigenvalue weighted by atomic mass is 10.2. The van der Waals surface area contributed by atoms with Gasteiger partial charge in [0.05, 0.1) is 0 Å². The monoisotopic (exact) mass is 216 g/mol. The van der Waals surface area contributed by atoms with Crippen LogP contribution in [-0.4, -0.2) is 42.3 Å². The number of rotatable bonds is 9. The Morgan fingerprint density at radius 3 is 2.07 bits per heavy atom. The summed E-state index contributed by atoms with van der Waals surface area (Å²) in [4.78, 5) is 12.6. The second kappa shape index (κ2) is 9.77. The van der Waals surface area contributed by atoms with E-state index >= 15 is 0 Å². The Morgan fingerprint density at radius 1 is 1.13 bits per heavy atom. The molecule has 15 heavy (non-hydrogen) atoms. The quantitative estimate of drug-likeness (QED) is 0.621. The second-order valence-corrected chi connectivity index (χ2v) is 3.78. The normalized spacial score (nSPS) is 10.6. The molecule has 0 saturated heterocycles. The molecule has 0 saturated carbocycles. The Labute approximate surface area is 92.7 Å². The minimum absolute atomic E-state index is 0.531. The van der Waals surface area contributed by atoms with Crippen LogP contribution in [0.2, 0.25) is 0 Å². The van der Waals surface area contributed by atoms with Gasteiger partial charge in [-0.3, -0.25) is 0 Å². The van der Waals surface area contributed by atoms with Crippen molar-refractivity contribution in [3.8, 4) is 0 Å². The van der Waals surface area contributed by atoms with Gasteiger partial charge in [-0.2, -0.15) is 0 Å². The molecule has 0 unspecified atom stereocenters. The van der Waals surface area contributed by atoms with Crippen molar-refractivity contribution in [3.05, 3.63) is 0 Å². The summed E-state index contributed by atoms with van der Waals surface area (Å²) in [5.41, 5.74) is 0. The van der Waals surface area contributed by atoms with E-state index in [2.05, 4.69) is 24.1 Å². The number of hydrogen-bond acceptors (Lipinski definition) is 2. The fourth-order valence-corrected chi connectivity index (χ4v) is 1.42. The minimum Gasteiger partial charge on any atom is -0.465 e. The molecule has 90 valence electrons. The molecule has 0 bridgehead atoms. The first-order valence-corrected chi connectivity index (χ1v) is 5.89. The molecule has 0 rings (SSSR count). The topological polar surface area (TPSA) is 52.6 Å². The molecule has 0 aliphatic carbocycles. The maximum Gasteiger partial charge on any atom is 0.404 e. The molecule has 2 N–H and O–H groups in total. The molecule has 0 spiro atoms. The van der Waals surface area contributed by atoms with Gasteiger partial charge in [-0.25, -0.2) is 4.79 Å². The van der Waals surface area contributed by atoms with Crippen LogP contribution in [0.1, 0.15) is 39.5 Å². The minimum atomic E-state index is -0.930. The highest BCUT2D eigenvalue weighted by Crippen LogP contribution is 1.98. The first-order valence-electron chi connectivity index (χ1n) is 5.89. The van der Waals surface area contributed by atoms with E-state index in [1.54, 1.807) is 0 Å². The van der Waals surface area contributed by atoms with E-state index in [4.69, 9.17) is 5.11 Å². The number of unbranched alkanes of at least 4 members (excludes halogenated alkanes) is 2. The van der Waals surface area contributed by atoms with Crippen molar-refractivity contribution in [2.45, 2.75) is 39.5 Å². The number of nitrogens with zero attached hydrogens (tertiary/aromatic N) is 1. The van der Waals surface area contributed by atoms with Gasteiger partial charge in [-0.15, -0.1) is 0 Å². The molecule has 0 aromatic rings. The van der Waals surface area contributed by atoms with E-state index in [0.717, 1.165) is 19.6 Å². The lowest BCUT2D eigenvalue weighted by Crippen LogP contribution is -2.35. The summed E-state index contributed by atoms with van der Waals surface area (Å²) in [6.45, 7) is 7.87. The van der Waals surface area contributed by atoms with Crippen molar-refractivity contribution < 1.29 is 9.90 Å². The molecule has 4 heteroatoms. The van der Waals surface area contributed by atoms with E-state index in [0.29, 0.717) is 6.54 Å². The Kier molecular flexibility index (Phi) is 9.27. The summed E-state index contributed by atoms with van der Waals surface area (Å²) >= 11 is 0. The van der Waals surface area contributed by atoms with Gasteiger partial charge in [0.15, 0.2) is 0 Å². The molecule has 0 aromatic carbocycles. The summed E-state index contributed by atoms with van der Waals surface area (Å²) in [5, 5.41) is 10.9. The predicted octanol–water partition coefficient (Wildman–Crippen LogP) is 2.16. The number of nitrogens with one attached hydrogen (secondary N) is 1. The summed E-state index contributed by atoms with van der Waals surface area (Å²) in [5.74, 6) is 0. The van der Waals surface area contributed by atoms with Gasteiger partial charge in [-0.05, 0) is 25.9 Å². The lowest BCUT2D eigenvalue weighted by Gasteiger charge is -2.21. The van der Waals surface area contributed by atoms with Crippen molar-refractivity contribution in [2.24, 2.45) is 0 Å². The zero-order valence-corrected chi connectivity index (χ0v) is 9.96. The molecule has 0 aliphatic heterocycles. The third kappa shape index (κ3) is 9.53. The maximum atomic E-state index is 10.3. The van der Waals surface area contributed by atoms with Crippen LogP contribution in [0.15, 0.2) is 0 Å².